The van der Waals surface area contributed by atoms with E-state index in [1.165, 1.54) is 5.57 Å². The van der Waals surface area contributed by atoms with Crippen molar-refractivity contribution >= 4 is 11.5 Å². The molecule has 0 aliphatic heterocycles. The van der Waals surface area contributed by atoms with Gasteiger partial charge in [0.05, 0.1) is 0 Å². The second kappa shape index (κ2) is 11.3. The first-order valence-corrected chi connectivity index (χ1v) is 6.44. The Hall–Kier alpha value is -1.18. The Balaban J connectivity index is 0. The number of hydrogen-bond donors (Lipinski definition) is 0. The van der Waals surface area contributed by atoms with E-state index in [-0.39, 0.29) is 0 Å². The summed E-state index contributed by atoms with van der Waals surface area (Å²) in [4.78, 5) is 8.94. The summed E-state index contributed by atoms with van der Waals surface area (Å²) >= 11 is 0. The molecule has 0 unspecified atom stereocenters. The topological polar surface area (TPSA) is 24.7 Å². The lowest BCUT2D eigenvalue weighted by atomic mass is 10.2. The predicted octanol–water partition coefficient (Wildman–Crippen LogP) is 5.17. The average molecular weight is 236 g/mol. The van der Waals surface area contributed by atoms with Crippen LogP contribution in [0.4, 0.5) is 0 Å². The summed E-state index contributed by atoms with van der Waals surface area (Å²) in [6.45, 7) is 16.2. The van der Waals surface area contributed by atoms with Gasteiger partial charge >= 0.3 is 0 Å². The predicted molar refractivity (Wildman–Crippen MR) is 81.0 cm³/mol. The van der Waals surface area contributed by atoms with Crippen LogP contribution in [0, 0.1) is 0 Å². The molecule has 0 bridgehead atoms. The van der Waals surface area contributed by atoms with Crippen LogP contribution >= 0.6 is 0 Å². The number of rotatable bonds is 3. The molecule has 0 saturated carbocycles. The second-order valence-corrected chi connectivity index (χ2v) is 3.48. The molecule has 0 aliphatic rings. The highest BCUT2D eigenvalue weighted by Gasteiger charge is 1.97. The van der Waals surface area contributed by atoms with Gasteiger partial charge in [-0.1, -0.05) is 32.9 Å². The Morgan fingerprint density at radius 3 is 1.82 bits per heavy atom. The molecule has 98 valence electrons. The molecule has 0 radical (unpaired) electrons. The zero-order valence-electron chi connectivity index (χ0n) is 12.8. The Bertz CT molecular complexity index is 318. The monoisotopic (exact) mass is 236 g/mol. The molecule has 0 rings (SSSR count). The van der Waals surface area contributed by atoms with Gasteiger partial charge in [0.15, 0.2) is 0 Å². The zero-order chi connectivity index (χ0) is 13.8. The molecule has 17 heavy (non-hydrogen) atoms. The first-order valence-electron chi connectivity index (χ1n) is 6.44. The molecule has 0 aromatic heterocycles. The highest BCUT2D eigenvalue weighted by Crippen LogP contribution is 2.02. The summed E-state index contributed by atoms with van der Waals surface area (Å²) in [7, 11) is 0. The molecule has 0 N–H and O–H groups in total. The molecule has 2 heteroatoms. The Morgan fingerprint density at radius 1 is 0.941 bits per heavy atom. The fourth-order valence-electron chi connectivity index (χ4n) is 0.942. The van der Waals surface area contributed by atoms with Gasteiger partial charge in [0.1, 0.15) is 5.84 Å². The lowest BCUT2D eigenvalue weighted by Gasteiger charge is -2.02. The first kappa shape index (κ1) is 18.2. The van der Waals surface area contributed by atoms with Crippen LogP contribution in [0.1, 0.15) is 61.8 Å². The Labute approximate surface area is 107 Å². The van der Waals surface area contributed by atoms with E-state index in [2.05, 4.69) is 29.9 Å². The molecule has 0 saturated heterocycles. The fourth-order valence-corrected chi connectivity index (χ4v) is 0.942. The highest BCUT2D eigenvalue weighted by atomic mass is 14.9. The van der Waals surface area contributed by atoms with Crippen molar-refractivity contribution in [1.29, 1.82) is 0 Å². The summed E-state index contributed by atoms with van der Waals surface area (Å²) in [6, 6.07) is 0. The normalized spacial score (nSPS) is 14.4. The van der Waals surface area contributed by atoms with E-state index in [1.807, 2.05) is 47.6 Å². The van der Waals surface area contributed by atoms with Crippen molar-refractivity contribution in [3.05, 3.63) is 23.4 Å². The Morgan fingerprint density at radius 2 is 1.47 bits per heavy atom. The molecule has 0 aromatic carbocycles. The van der Waals surface area contributed by atoms with Crippen LogP contribution in [0.25, 0.3) is 0 Å². The van der Waals surface area contributed by atoms with Gasteiger partial charge in [0.2, 0.25) is 0 Å². The van der Waals surface area contributed by atoms with Crippen molar-refractivity contribution in [1.82, 2.24) is 0 Å². The molecule has 0 fully saturated rings. The van der Waals surface area contributed by atoms with Crippen LogP contribution in [0.2, 0.25) is 0 Å². The van der Waals surface area contributed by atoms with Crippen LogP contribution in [-0.2, 0) is 0 Å². The first-order chi connectivity index (χ1) is 8.04. The van der Waals surface area contributed by atoms with Gasteiger partial charge < -0.3 is 0 Å². The van der Waals surface area contributed by atoms with Gasteiger partial charge in [-0.25, -0.2) is 9.98 Å². The highest BCUT2D eigenvalue weighted by molar-refractivity contribution is 6.05. The summed E-state index contributed by atoms with van der Waals surface area (Å²) in [5, 5.41) is 0. The number of nitrogens with zero attached hydrogens (tertiary/aromatic N) is 2. The third kappa shape index (κ3) is 8.61. The number of hydrogen-bond acceptors (Lipinski definition) is 1. The van der Waals surface area contributed by atoms with Crippen LogP contribution in [0.15, 0.2) is 33.4 Å². The molecule has 0 spiro atoms. The van der Waals surface area contributed by atoms with Gasteiger partial charge in [-0.15, -0.1) is 0 Å². The van der Waals surface area contributed by atoms with Crippen molar-refractivity contribution in [2.24, 2.45) is 9.98 Å². The minimum atomic E-state index is 0.861. The van der Waals surface area contributed by atoms with E-state index in [0.29, 0.717) is 0 Å². The molecule has 0 atom stereocenters. The van der Waals surface area contributed by atoms with Crippen molar-refractivity contribution in [2.45, 2.75) is 61.8 Å². The van der Waals surface area contributed by atoms with Crippen LogP contribution < -0.4 is 0 Å². The third-order valence-corrected chi connectivity index (χ3v) is 2.34. The van der Waals surface area contributed by atoms with E-state index in [9.17, 15) is 0 Å². The molecular weight excluding hydrogens is 208 g/mol. The smallest absolute Gasteiger partial charge is 0.128 e. The molecule has 0 aromatic rings. The molecule has 0 heterocycles. The lowest BCUT2D eigenvalue weighted by molar-refractivity contribution is 1.18. The van der Waals surface area contributed by atoms with E-state index in [0.717, 1.165) is 23.7 Å². The minimum Gasteiger partial charge on any atom is -0.239 e. The molecular formula is C15H28N2. The van der Waals surface area contributed by atoms with Gasteiger partial charge in [-0.3, -0.25) is 0 Å². The molecule has 2 nitrogen and oxygen atoms in total. The summed E-state index contributed by atoms with van der Waals surface area (Å²) in [6.07, 6.45) is 4.91. The van der Waals surface area contributed by atoms with E-state index in [1.54, 1.807) is 0 Å². The van der Waals surface area contributed by atoms with Crippen LogP contribution in [0.5, 0.6) is 0 Å². The summed E-state index contributed by atoms with van der Waals surface area (Å²) in [5.41, 5.74) is 3.26. The third-order valence-electron chi connectivity index (χ3n) is 2.34. The van der Waals surface area contributed by atoms with E-state index >= 15 is 0 Å². The number of aliphatic imine (C=N–C) groups is 2. The van der Waals surface area contributed by atoms with Crippen molar-refractivity contribution in [3.8, 4) is 0 Å². The second-order valence-electron chi connectivity index (χ2n) is 3.48. The van der Waals surface area contributed by atoms with E-state index < -0.39 is 0 Å². The standard InChI is InChI=1S/C13H22N2.C2H6/c1-7-10(4)12(6)15-13(9-3)14-11(5)8-2;1-2/h7-8H,9H2,1-6H3;1-2H3/b10-7-,11-8-,14-13?,15-12?;. The quantitative estimate of drug-likeness (QED) is 0.477. The maximum Gasteiger partial charge on any atom is 0.128 e. The van der Waals surface area contributed by atoms with Gasteiger partial charge in [-0.2, -0.15) is 0 Å². The van der Waals surface area contributed by atoms with E-state index in [4.69, 9.17) is 0 Å². The number of amidine groups is 1. The maximum atomic E-state index is 4.51. The molecule has 0 amide bonds. The maximum absolute atomic E-state index is 4.51. The van der Waals surface area contributed by atoms with Gasteiger partial charge in [0.25, 0.3) is 0 Å². The average Bonchev–Trinajstić information content (AvgIpc) is 2.38. The van der Waals surface area contributed by atoms with Crippen molar-refractivity contribution in [2.75, 3.05) is 0 Å². The lowest BCUT2D eigenvalue weighted by Crippen LogP contribution is -2.00. The zero-order valence-corrected chi connectivity index (χ0v) is 12.8. The molecule has 0 aliphatic carbocycles. The van der Waals surface area contributed by atoms with Crippen LogP contribution in [0.3, 0.4) is 0 Å². The Kier molecular flexibility index (Phi) is 12.1. The summed E-state index contributed by atoms with van der Waals surface area (Å²) in [5.74, 6) is 0.893. The van der Waals surface area contributed by atoms with Crippen molar-refractivity contribution in [3.63, 3.8) is 0 Å². The SMILES string of the molecule is C/C=C(/C)N=C(CC)N=C(C)/C(C)=C\C.CC. The van der Waals surface area contributed by atoms with Gasteiger partial charge in [0, 0.05) is 17.8 Å². The van der Waals surface area contributed by atoms with Crippen LogP contribution in [-0.4, -0.2) is 11.5 Å². The minimum absolute atomic E-state index is 0.861. The number of allylic oxidation sites excluding steroid dienone is 4. The fraction of sp³-hybridized carbons (Fsp3) is 0.600. The largest absolute Gasteiger partial charge is 0.239 e. The van der Waals surface area contributed by atoms with Crippen molar-refractivity contribution < 1.29 is 0 Å². The van der Waals surface area contributed by atoms with Gasteiger partial charge in [-0.05, 0) is 40.2 Å². The summed E-state index contributed by atoms with van der Waals surface area (Å²) < 4.78 is 0.